The number of amides is 3. The summed E-state index contributed by atoms with van der Waals surface area (Å²) in [6, 6.07) is 8.77. The number of benzene rings is 1. The van der Waals surface area contributed by atoms with E-state index in [1.165, 1.54) is 5.01 Å². The van der Waals surface area contributed by atoms with Gasteiger partial charge >= 0.3 is 0 Å². The number of carbonyl (C=O) groups is 3. The second-order valence-corrected chi connectivity index (χ2v) is 10.5. The molecular weight excluding hydrogens is 420 g/mol. The highest BCUT2D eigenvalue weighted by atomic mass is 32.2. The van der Waals surface area contributed by atoms with Crippen molar-refractivity contribution in [3.8, 4) is 0 Å². The Balaban J connectivity index is 1.35. The van der Waals surface area contributed by atoms with Gasteiger partial charge in [0, 0.05) is 37.5 Å². The summed E-state index contributed by atoms with van der Waals surface area (Å²) < 4.78 is 23.5. The van der Waals surface area contributed by atoms with Crippen LogP contribution < -0.4 is 5.32 Å². The van der Waals surface area contributed by atoms with E-state index in [0.29, 0.717) is 32.4 Å². The molecule has 2 fully saturated rings. The van der Waals surface area contributed by atoms with Crippen LogP contribution in [0.2, 0.25) is 0 Å². The van der Waals surface area contributed by atoms with E-state index in [1.54, 1.807) is 4.90 Å². The molecule has 3 amide bonds. The van der Waals surface area contributed by atoms with Crippen molar-refractivity contribution in [2.24, 2.45) is 11.0 Å². The number of hydrogen-bond donors (Lipinski definition) is 1. The van der Waals surface area contributed by atoms with E-state index in [0.717, 1.165) is 5.69 Å². The lowest BCUT2D eigenvalue weighted by atomic mass is 9.95. The van der Waals surface area contributed by atoms with E-state index in [9.17, 15) is 22.8 Å². The second-order valence-electron chi connectivity index (χ2n) is 8.26. The molecule has 31 heavy (non-hydrogen) atoms. The summed E-state index contributed by atoms with van der Waals surface area (Å²) in [7, 11) is -3.16. The number of nitrogens with one attached hydrogen (secondary N) is 1. The maximum absolute atomic E-state index is 13.0. The van der Waals surface area contributed by atoms with Crippen LogP contribution in [0.3, 0.4) is 0 Å². The number of piperidine rings is 1. The van der Waals surface area contributed by atoms with Gasteiger partial charge in [-0.25, -0.2) is 13.4 Å². The third-order valence-electron chi connectivity index (χ3n) is 6.06. The monoisotopic (exact) mass is 446 g/mol. The Morgan fingerprint density at radius 2 is 1.74 bits per heavy atom. The average molecular weight is 447 g/mol. The van der Waals surface area contributed by atoms with Crippen molar-refractivity contribution in [1.29, 1.82) is 0 Å². The molecule has 3 heterocycles. The van der Waals surface area contributed by atoms with E-state index in [2.05, 4.69) is 10.4 Å². The molecule has 1 N–H and O–H groups in total. The minimum Gasteiger partial charge on any atom is -0.337 e. The topological polar surface area (TPSA) is 116 Å². The van der Waals surface area contributed by atoms with E-state index in [-0.39, 0.29) is 53.7 Å². The molecule has 1 aromatic carbocycles. The van der Waals surface area contributed by atoms with Crippen molar-refractivity contribution < 1.29 is 22.8 Å². The lowest BCUT2D eigenvalue weighted by Crippen LogP contribution is -2.47. The summed E-state index contributed by atoms with van der Waals surface area (Å²) in [4.78, 5) is 39.4. The van der Waals surface area contributed by atoms with Crippen molar-refractivity contribution >= 4 is 39.0 Å². The zero-order valence-corrected chi connectivity index (χ0v) is 18.0. The Labute approximate surface area is 181 Å². The van der Waals surface area contributed by atoms with Gasteiger partial charge in [0.2, 0.25) is 11.8 Å². The molecule has 0 aliphatic carbocycles. The fourth-order valence-corrected chi connectivity index (χ4v) is 5.96. The van der Waals surface area contributed by atoms with Crippen molar-refractivity contribution in [3.05, 3.63) is 30.3 Å². The molecule has 0 spiro atoms. The SMILES string of the molecule is O=C(Nc1ccccc1)C1CCN(C(=O)C2=NN([C@@H]3CCS(=O)(=O)C3)C(=O)CC2)CC1. The van der Waals surface area contributed by atoms with Gasteiger partial charge in [-0.3, -0.25) is 14.4 Å². The largest absolute Gasteiger partial charge is 0.337 e. The van der Waals surface area contributed by atoms with Gasteiger partial charge < -0.3 is 10.2 Å². The van der Waals surface area contributed by atoms with Crippen LogP contribution in [0.1, 0.15) is 32.1 Å². The van der Waals surface area contributed by atoms with Crippen LogP contribution in [0.15, 0.2) is 35.4 Å². The number of nitrogens with zero attached hydrogens (tertiary/aromatic N) is 3. The van der Waals surface area contributed by atoms with Gasteiger partial charge in [0.1, 0.15) is 5.71 Å². The Bertz CT molecular complexity index is 1000. The minimum atomic E-state index is -3.16. The third-order valence-corrected chi connectivity index (χ3v) is 7.81. The van der Waals surface area contributed by atoms with Crippen molar-refractivity contribution in [3.63, 3.8) is 0 Å². The standard InChI is InChI=1S/C21H26N4O5S/c26-19-7-6-18(23-25(19)17-10-13-31(29,30)14-17)21(28)24-11-8-15(9-12-24)20(27)22-16-4-2-1-3-5-16/h1-5,15,17H,6-14H2,(H,22,27)/t17-/m1/s1. The highest BCUT2D eigenvalue weighted by Gasteiger charge is 2.38. The molecule has 3 aliphatic rings. The maximum atomic E-state index is 13.0. The first kappa shape index (κ1) is 21.5. The Morgan fingerprint density at radius 1 is 1.03 bits per heavy atom. The van der Waals surface area contributed by atoms with Gasteiger partial charge in [-0.15, -0.1) is 0 Å². The zero-order valence-electron chi connectivity index (χ0n) is 17.2. The molecule has 10 heteroatoms. The zero-order chi connectivity index (χ0) is 22.0. The first-order valence-corrected chi connectivity index (χ1v) is 12.4. The van der Waals surface area contributed by atoms with Gasteiger partial charge in [0.05, 0.1) is 17.5 Å². The predicted octanol–water partition coefficient (Wildman–Crippen LogP) is 1.03. The molecule has 0 saturated carbocycles. The molecule has 0 bridgehead atoms. The molecule has 0 unspecified atom stereocenters. The van der Waals surface area contributed by atoms with Crippen LogP contribution in [-0.2, 0) is 24.2 Å². The molecule has 1 atom stereocenters. The fourth-order valence-electron chi connectivity index (χ4n) is 4.27. The van der Waals surface area contributed by atoms with Crippen LogP contribution >= 0.6 is 0 Å². The molecule has 3 aliphatic heterocycles. The third kappa shape index (κ3) is 4.95. The second kappa shape index (κ2) is 8.78. The Morgan fingerprint density at radius 3 is 2.39 bits per heavy atom. The lowest BCUT2D eigenvalue weighted by molar-refractivity contribution is -0.134. The van der Waals surface area contributed by atoms with Crippen LogP contribution in [0.25, 0.3) is 0 Å². The van der Waals surface area contributed by atoms with Crippen molar-refractivity contribution in [2.75, 3.05) is 29.9 Å². The highest BCUT2D eigenvalue weighted by Crippen LogP contribution is 2.24. The predicted molar refractivity (Wildman–Crippen MR) is 115 cm³/mol. The van der Waals surface area contributed by atoms with Gasteiger partial charge in [-0.1, -0.05) is 18.2 Å². The number of hydrazone groups is 1. The number of rotatable bonds is 4. The van der Waals surface area contributed by atoms with E-state index < -0.39 is 15.9 Å². The number of anilines is 1. The van der Waals surface area contributed by atoms with Crippen molar-refractivity contribution in [1.82, 2.24) is 9.91 Å². The fraction of sp³-hybridized carbons (Fsp3) is 0.524. The van der Waals surface area contributed by atoms with E-state index in [1.807, 2.05) is 30.3 Å². The smallest absolute Gasteiger partial charge is 0.270 e. The number of hydrogen-bond acceptors (Lipinski definition) is 6. The summed E-state index contributed by atoms with van der Waals surface area (Å²) in [6.45, 7) is 0.882. The molecule has 0 radical (unpaired) electrons. The van der Waals surface area contributed by atoms with Crippen LogP contribution in [-0.4, -0.2) is 72.4 Å². The van der Waals surface area contributed by atoms with Gasteiger partial charge in [0.25, 0.3) is 5.91 Å². The first-order valence-electron chi connectivity index (χ1n) is 10.6. The van der Waals surface area contributed by atoms with Gasteiger partial charge in [-0.2, -0.15) is 5.10 Å². The van der Waals surface area contributed by atoms with Crippen LogP contribution in [0, 0.1) is 5.92 Å². The van der Waals surface area contributed by atoms with Crippen LogP contribution in [0.4, 0.5) is 5.69 Å². The molecule has 166 valence electrons. The maximum Gasteiger partial charge on any atom is 0.270 e. The first-order chi connectivity index (χ1) is 14.8. The summed E-state index contributed by atoms with van der Waals surface area (Å²) in [5, 5.41) is 8.38. The Hall–Kier alpha value is -2.75. The summed E-state index contributed by atoms with van der Waals surface area (Å²) in [5.41, 5.74) is 1.04. The molecule has 4 rings (SSSR count). The van der Waals surface area contributed by atoms with E-state index in [4.69, 9.17) is 0 Å². The number of carbonyl (C=O) groups excluding carboxylic acids is 3. The summed E-state index contributed by atoms with van der Waals surface area (Å²) >= 11 is 0. The van der Waals surface area contributed by atoms with E-state index >= 15 is 0 Å². The number of likely N-dealkylation sites (tertiary alicyclic amines) is 1. The molecule has 2 saturated heterocycles. The highest BCUT2D eigenvalue weighted by molar-refractivity contribution is 7.91. The van der Waals surface area contributed by atoms with Gasteiger partial charge in [0.15, 0.2) is 9.84 Å². The molecular formula is C21H26N4O5S. The molecule has 9 nitrogen and oxygen atoms in total. The Kier molecular flexibility index (Phi) is 6.08. The molecule has 0 aromatic heterocycles. The molecule has 1 aromatic rings. The van der Waals surface area contributed by atoms with Crippen LogP contribution in [0.5, 0.6) is 0 Å². The lowest BCUT2D eigenvalue weighted by Gasteiger charge is -2.33. The minimum absolute atomic E-state index is 0.0405. The van der Waals surface area contributed by atoms with Gasteiger partial charge in [-0.05, 0) is 31.4 Å². The quantitative estimate of drug-likeness (QED) is 0.742. The normalized spacial score (nSPS) is 24.1. The summed E-state index contributed by atoms with van der Waals surface area (Å²) in [5.74, 6) is -0.758. The summed E-state index contributed by atoms with van der Waals surface area (Å²) in [6.07, 6.45) is 1.86. The van der Waals surface area contributed by atoms with Crippen molar-refractivity contribution in [2.45, 2.75) is 38.1 Å². The number of para-hydroxylation sites is 1. The number of sulfone groups is 1. The average Bonchev–Trinajstić information content (AvgIpc) is 3.14.